The standard InChI is InChI=1S/C15H21N3O3S.ClH/c1-2-8-17-22(20,21)14-7-3-5-12(10-14)15(19)18-13-6-4-9-16-11-13;/h2-3,5,7,10,13,16-17H,1,4,6,8-9,11H2,(H,18,19);1H/t13-;/m0./s1. The highest BCUT2D eigenvalue weighted by Gasteiger charge is 2.18. The molecule has 0 radical (unpaired) electrons. The smallest absolute Gasteiger partial charge is 0.251 e. The van der Waals surface area contributed by atoms with E-state index in [-0.39, 0.29) is 35.8 Å². The van der Waals surface area contributed by atoms with Crippen LogP contribution in [0.2, 0.25) is 0 Å². The number of carbonyl (C=O) groups excluding carboxylic acids is 1. The number of rotatable bonds is 6. The summed E-state index contributed by atoms with van der Waals surface area (Å²) in [6, 6.07) is 6.11. The van der Waals surface area contributed by atoms with Crippen molar-refractivity contribution in [2.45, 2.75) is 23.8 Å². The molecule has 0 bridgehead atoms. The molecule has 1 heterocycles. The molecule has 1 amide bonds. The van der Waals surface area contributed by atoms with Crippen LogP contribution in [0.15, 0.2) is 41.8 Å². The highest BCUT2D eigenvalue weighted by Crippen LogP contribution is 2.12. The molecule has 1 aromatic carbocycles. The van der Waals surface area contributed by atoms with Crippen LogP contribution >= 0.6 is 12.4 Å². The van der Waals surface area contributed by atoms with Gasteiger partial charge < -0.3 is 10.6 Å². The lowest BCUT2D eigenvalue weighted by atomic mass is 10.1. The molecule has 1 aliphatic heterocycles. The molecule has 23 heavy (non-hydrogen) atoms. The van der Waals surface area contributed by atoms with Gasteiger partial charge in [-0.15, -0.1) is 19.0 Å². The molecule has 3 N–H and O–H groups in total. The van der Waals surface area contributed by atoms with Crippen LogP contribution in [-0.4, -0.2) is 40.0 Å². The number of amides is 1. The van der Waals surface area contributed by atoms with Gasteiger partial charge in [0.1, 0.15) is 0 Å². The van der Waals surface area contributed by atoms with E-state index in [0.717, 1.165) is 25.9 Å². The van der Waals surface area contributed by atoms with Crippen molar-refractivity contribution in [2.75, 3.05) is 19.6 Å². The van der Waals surface area contributed by atoms with E-state index in [0.29, 0.717) is 5.56 Å². The second-order valence-electron chi connectivity index (χ2n) is 5.19. The van der Waals surface area contributed by atoms with Crippen molar-refractivity contribution >= 4 is 28.3 Å². The van der Waals surface area contributed by atoms with Gasteiger partial charge in [-0.3, -0.25) is 4.79 Å². The summed E-state index contributed by atoms with van der Waals surface area (Å²) < 4.78 is 26.5. The number of benzene rings is 1. The van der Waals surface area contributed by atoms with Crippen LogP contribution in [0, 0.1) is 0 Å². The summed E-state index contributed by atoms with van der Waals surface area (Å²) in [6.45, 7) is 5.32. The van der Waals surface area contributed by atoms with E-state index in [1.165, 1.54) is 18.2 Å². The number of sulfonamides is 1. The van der Waals surface area contributed by atoms with Crippen LogP contribution in [0.5, 0.6) is 0 Å². The average molecular weight is 360 g/mol. The van der Waals surface area contributed by atoms with E-state index < -0.39 is 10.0 Å². The van der Waals surface area contributed by atoms with Gasteiger partial charge in [0.25, 0.3) is 5.91 Å². The van der Waals surface area contributed by atoms with Crippen LogP contribution in [0.3, 0.4) is 0 Å². The van der Waals surface area contributed by atoms with E-state index >= 15 is 0 Å². The molecule has 1 aliphatic rings. The van der Waals surface area contributed by atoms with E-state index in [9.17, 15) is 13.2 Å². The molecular weight excluding hydrogens is 338 g/mol. The molecule has 128 valence electrons. The summed E-state index contributed by atoms with van der Waals surface area (Å²) in [5.41, 5.74) is 0.340. The Morgan fingerprint density at radius 1 is 1.43 bits per heavy atom. The minimum absolute atomic E-state index is 0. The van der Waals surface area contributed by atoms with Crippen molar-refractivity contribution in [3.63, 3.8) is 0 Å². The Balaban J connectivity index is 0.00000264. The molecule has 6 nitrogen and oxygen atoms in total. The van der Waals surface area contributed by atoms with Crippen molar-refractivity contribution in [1.82, 2.24) is 15.4 Å². The average Bonchev–Trinajstić information content (AvgIpc) is 2.54. The van der Waals surface area contributed by atoms with E-state index in [1.807, 2.05) is 0 Å². The third-order valence-corrected chi connectivity index (χ3v) is 4.88. The number of carbonyl (C=O) groups is 1. The molecule has 0 saturated carbocycles. The fourth-order valence-corrected chi connectivity index (χ4v) is 3.34. The Bertz CT molecular complexity index is 643. The van der Waals surface area contributed by atoms with Gasteiger partial charge in [0.15, 0.2) is 0 Å². The highest BCUT2D eigenvalue weighted by molar-refractivity contribution is 7.89. The maximum absolute atomic E-state index is 12.2. The number of nitrogens with one attached hydrogen (secondary N) is 3. The molecule has 0 unspecified atom stereocenters. The maximum Gasteiger partial charge on any atom is 0.251 e. The predicted molar refractivity (Wildman–Crippen MR) is 92.4 cm³/mol. The largest absolute Gasteiger partial charge is 0.348 e. The molecule has 1 saturated heterocycles. The lowest BCUT2D eigenvalue weighted by Crippen LogP contribution is -2.45. The molecule has 1 fully saturated rings. The number of hydrogen-bond acceptors (Lipinski definition) is 4. The van der Waals surface area contributed by atoms with E-state index in [1.54, 1.807) is 12.1 Å². The van der Waals surface area contributed by atoms with Crippen LogP contribution in [0.1, 0.15) is 23.2 Å². The number of piperidine rings is 1. The summed E-state index contributed by atoms with van der Waals surface area (Å²) in [4.78, 5) is 12.3. The minimum Gasteiger partial charge on any atom is -0.348 e. The van der Waals surface area contributed by atoms with Gasteiger partial charge in [0, 0.05) is 24.7 Å². The molecule has 0 aliphatic carbocycles. The van der Waals surface area contributed by atoms with Crippen molar-refractivity contribution in [3.05, 3.63) is 42.5 Å². The monoisotopic (exact) mass is 359 g/mol. The SMILES string of the molecule is C=CCNS(=O)(=O)c1cccc(C(=O)N[C@H]2CCCNC2)c1.Cl. The number of halogens is 1. The summed E-state index contributed by atoms with van der Waals surface area (Å²) in [7, 11) is -3.63. The van der Waals surface area contributed by atoms with Gasteiger partial charge in [0.2, 0.25) is 10.0 Å². The Morgan fingerprint density at radius 2 is 2.22 bits per heavy atom. The van der Waals surface area contributed by atoms with Crippen LogP contribution < -0.4 is 15.4 Å². The topological polar surface area (TPSA) is 87.3 Å². The van der Waals surface area contributed by atoms with Crippen LogP contribution in [0.25, 0.3) is 0 Å². The molecule has 2 rings (SSSR count). The molecule has 0 aromatic heterocycles. The second kappa shape index (κ2) is 9.02. The third kappa shape index (κ3) is 5.62. The van der Waals surface area contributed by atoms with E-state index in [4.69, 9.17) is 0 Å². The number of hydrogen-bond donors (Lipinski definition) is 3. The Labute approximate surface area is 143 Å². The third-order valence-electron chi connectivity index (χ3n) is 3.46. The molecule has 8 heteroatoms. The van der Waals surface area contributed by atoms with Crippen molar-refractivity contribution in [3.8, 4) is 0 Å². The normalized spacial score (nSPS) is 17.8. The molecule has 0 spiro atoms. The Kier molecular flexibility index (Phi) is 7.70. The first-order valence-electron chi connectivity index (χ1n) is 7.25. The van der Waals surface area contributed by atoms with Gasteiger partial charge in [0.05, 0.1) is 4.90 Å². The fraction of sp³-hybridized carbons (Fsp3) is 0.400. The Morgan fingerprint density at radius 3 is 2.87 bits per heavy atom. The van der Waals surface area contributed by atoms with Crippen molar-refractivity contribution < 1.29 is 13.2 Å². The van der Waals surface area contributed by atoms with E-state index in [2.05, 4.69) is 21.9 Å². The first-order valence-corrected chi connectivity index (χ1v) is 8.73. The van der Waals surface area contributed by atoms with Gasteiger partial charge in [-0.2, -0.15) is 0 Å². The molecular formula is C15H22ClN3O3S. The minimum atomic E-state index is -3.63. The summed E-state index contributed by atoms with van der Waals surface area (Å²) >= 11 is 0. The zero-order valence-electron chi connectivity index (χ0n) is 12.7. The Hall–Kier alpha value is -1.41. The second-order valence-corrected chi connectivity index (χ2v) is 6.95. The summed E-state index contributed by atoms with van der Waals surface area (Å²) in [6.07, 6.45) is 3.41. The molecule has 1 aromatic rings. The fourth-order valence-electron chi connectivity index (χ4n) is 2.30. The van der Waals surface area contributed by atoms with Gasteiger partial charge in [-0.1, -0.05) is 12.1 Å². The van der Waals surface area contributed by atoms with Gasteiger partial charge in [-0.25, -0.2) is 13.1 Å². The van der Waals surface area contributed by atoms with Gasteiger partial charge in [-0.05, 0) is 37.6 Å². The predicted octanol–water partition coefficient (Wildman–Crippen LogP) is 1.05. The summed E-state index contributed by atoms with van der Waals surface area (Å²) in [5.74, 6) is -0.255. The van der Waals surface area contributed by atoms with Crippen molar-refractivity contribution in [1.29, 1.82) is 0 Å². The zero-order chi connectivity index (χ0) is 16.0. The molecule has 1 atom stereocenters. The lowest BCUT2D eigenvalue weighted by molar-refractivity contribution is 0.0930. The first kappa shape index (κ1) is 19.6. The lowest BCUT2D eigenvalue weighted by Gasteiger charge is -2.23. The quantitative estimate of drug-likeness (QED) is 0.663. The highest BCUT2D eigenvalue weighted by atomic mass is 35.5. The van der Waals surface area contributed by atoms with Crippen LogP contribution in [-0.2, 0) is 10.0 Å². The van der Waals surface area contributed by atoms with Gasteiger partial charge >= 0.3 is 0 Å². The van der Waals surface area contributed by atoms with Crippen molar-refractivity contribution in [2.24, 2.45) is 0 Å². The van der Waals surface area contributed by atoms with Crippen LogP contribution in [0.4, 0.5) is 0 Å². The first-order chi connectivity index (χ1) is 10.5. The summed E-state index contributed by atoms with van der Waals surface area (Å²) in [5, 5.41) is 6.14. The maximum atomic E-state index is 12.2. The zero-order valence-corrected chi connectivity index (χ0v) is 14.4.